The summed E-state index contributed by atoms with van der Waals surface area (Å²) in [5.74, 6) is 0. The second-order valence-corrected chi connectivity index (χ2v) is 9.07. The Morgan fingerprint density at radius 2 is 1.06 bits per heavy atom. The monoisotopic (exact) mass is 462 g/mol. The van der Waals surface area contributed by atoms with Crippen LogP contribution in [0, 0.1) is 0 Å². The van der Waals surface area contributed by atoms with E-state index in [1.807, 2.05) is 0 Å². The van der Waals surface area contributed by atoms with E-state index in [1.165, 1.54) is 10.0 Å². The summed E-state index contributed by atoms with van der Waals surface area (Å²) < 4.78 is 55.0. The molecule has 6 unspecified atom stereocenters. The number of nitrogens with zero attached hydrogens (tertiary/aromatic N) is 2. The summed E-state index contributed by atoms with van der Waals surface area (Å²) in [6, 6.07) is 0. The van der Waals surface area contributed by atoms with Crippen molar-refractivity contribution in [1.29, 1.82) is 0 Å². The van der Waals surface area contributed by atoms with E-state index in [-0.39, 0.29) is 0 Å². The van der Waals surface area contributed by atoms with Crippen LogP contribution >= 0.6 is 0 Å². The van der Waals surface area contributed by atoms with E-state index in [2.05, 4.69) is 34.6 Å². The number of hydrogen-bond donors (Lipinski definition) is 2. The Kier molecular flexibility index (Phi) is 7.46. The highest BCUT2D eigenvalue weighted by molar-refractivity contribution is 7.79. The second-order valence-electron chi connectivity index (χ2n) is 8.25. The van der Waals surface area contributed by atoms with Gasteiger partial charge in [0.2, 0.25) is 0 Å². The maximum Gasteiger partial charge on any atom is 0.132 e. The maximum atomic E-state index is 8.52. The van der Waals surface area contributed by atoms with Crippen molar-refractivity contribution in [1.82, 2.24) is 10.0 Å². The summed E-state index contributed by atoms with van der Waals surface area (Å²) in [4.78, 5) is 0. The Balaban J connectivity index is 0.000000124. The first-order valence-corrected chi connectivity index (χ1v) is 11.9. The predicted molar refractivity (Wildman–Crippen MR) is 103 cm³/mol. The highest BCUT2D eigenvalue weighted by Crippen LogP contribution is 2.11. The van der Waals surface area contributed by atoms with Crippen molar-refractivity contribution < 1.29 is 46.5 Å². The maximum absolute atomic E-state index is 8.52. The topological polar surface area (TPSA) is 146 Å². The Labute approximate surface area is 182 Å². The quantitative estimate of drug-likeness (QED) is 0.206. The van der Waals surface area contributed by atoms with Crippen molar-refractivity contribution in [2.24, 2.45) is 0 Å². The smallest absolute Gasteiger partial charge is 0.132 e. The molecule has 31 heavy (non-hydrogen) atoms. The van der Waals surface area contributed by atoms with Gasteiger partial charge in [0.15, 0.2) is 0 Å². The Hall–Kier alpha value is -1.29. The van der Waals surface area contributed by atoms with Gasteiger partial charge < -0.3 is 28.1 Å². The molecule has 6 heterocycles. The van der Waals surface area contributed by atoms with Gasteiger partial charge in [-0.1, -0.05) is 0 Å². The number of ether oxygens (including phenoxy) is 4. The highest BCUT2D eigenvalue weighted by atomic mass is 32.3. The molecule has 6 atom stereocenters. The van der Waals surface area contributed by atoms with Gasteiger partial charge in [-0.25, -0.2) is 20.0 Å². The first-order chi connectivity index (χ1) is 14.8. The van der Waals surface area contributed by atoms with Crippen LogP contribution in [0.5, 0.6) is 0 Å². The van der Waals surface area contributed by atoms with E-state index in [4.69, 9.17) is 36.5 Å². The molecular formula is C18H30N4O8S. The standard InChI is InChI=1S/2C9H14N2O2.H2O4S/c2*1-2-10(4-8-6-12-8)11(3-1)5-9-7-13-9;1-5(2,3)4/h2*1-2,8-9H,3-7H2;(H2,1,2,3,4). The fraction of sp³-hybridized carbons (Fsp3) is 0.778. The molecule has 0 aromatic heterocycles. The van der Waals surface area contributed by atoms with Crippen LogP contribution < -0.4 is 10.0 Å². The number of hydrogen-bond acceptors (Lipinski definition) is 10. The van der Waals surface area contributed by atoms with E-state index >= 15 is 0 Å². The molecule has 12 nitrogen and oxygen atoms in total. The number of quaternary nitrogens is 2. The van der Waals surface area contributed by atoms with Crippen molar-refractivity contribution in [2.75, 3.05) is 65.7 Å². The average molecular weight is 463 g/mol. The molecule has 2 N–H and O–H groups in total. The first kappa shape index (κ1) is 22.9. The van der Waals surface area contributed by atoms with Gasteiger partial charge in [-0.3, -0.25) is 8.42 Å². The van der Waals surface area contributed by atoms with Gasteiger partial charge in [0, 0.05) is 10.4 Å². The summed E-state index contributed by atoms with van der Waals surface area (Å²) in [7, 11) is -5.17. The van der Waals surface area contributed by atoms with E-state index in [9.17, 15) is 0 Å². The molecule has 0 aliphatic carbocycles. The molecule has 6 aliphatic heterocycles. The summed E-state index contributed by atoms with van der Waals surface area (Å²) in [6.45, 7) is 10.3. The Bertz CT molecular complexity index is 694. The molecule has 0 bridgehead atoms. The van der Waals surface area contributed by atoms with Crippen LogP contribution in [0.15, 0.2) is 24.6 Å². The molecule has 0 aromatic rings. The van der Waals surface area contributed by atoms with Crippen LogP contribution in [0.2, 0.25) is 0 Å². The fourth-order valence-electron chi connectivity index (χ4n) is 3.54. The zero-order valence-corrected chi connectivity index (χ0v) is 18.1. The molecule has 0 saturated carbocycles. The molecular weight excluding hydrogens is 432 g/mol. The Morgan fingerprint density at radius 1 is 0.742 bits per heavy atom. The molecule has 4 fully saturated rings. The molecule has 4 saturated heterocycles. The Morgan fingerprint density at radius 3 is 1.35 bits per heavy atom. The zero-order chi connectivity index (χ0) is 21.8. The average Bonchev–Trinajstić information content (AvgIpc) is 3.50. The zero-order valence-electron chi connectivity index (χ0n) is 17.3. The van der Waals surface area contributed by atoms with Gasteiger partial charge in [0.25, 0.3) is 0 Å². The minimum absolute atomic E-state index is 0.484. The lowest BCUT2D eigenvalue weighted by atomic mass is 10.4. The van der Waals surface area contributed by atoms with Crippen molar-refractivity contribution in [3.8, 4) is 0 Å². The fourth-order valence-corrected chi connectivity index (χ4v) is 3.54. The minimum Gasteiger partial charge on any atom is -0.759 e. The van der Waals surface area contributed by atoms with Gasteiger partial charge in [0.1, 0.15) is 50.6 Å². The van der Waals surface area contributed by atoms with Gasteiger partial charge in [-0.05, 0) is 12.2 Å². The third kappa shape index (κ3) is 9.39. The summed E-state index contributed by atoms with van der Waals surface area (Å²) in [5, 5.41) is 7.66. The van der Waals surface area contributed by atoms with Crippen molar-refractivity contribution in [3.63, 3.8) is 0 Å². The lowest BCUT2D eigenvalue weighted by Gasteiger charge is -2.23. The van der Waals surface area contributed by atoms with E-state index in [0.29, 0.717) is 24.4 Å². The normalized spacial score (nSPS) is 36.5. The lowest BCUT2D eigenvalue weighted by molar-refractivity contribution is -0.997. The van der Waals surface area contributed by atoms with Gasteiger partial charge in [0.05, 0.1) is 51.9 Å². The molecule has 0 spiro atoms. The predicted octanol–water partition coefficient (Wildman–Crippen LogP) is -4.51. The second kappa shape index (κ2) is 10.1. The van der Waals surface area contributed by atoms with Crippen molar-refractivity contribution >= 4 is 10.4 Å². The molecule has 0 amide bonds. The van der Waals surface area contributed by atoms with Crippen molar-refractivity contribution in [3.05, 3.63) is 24.6 Å². The molecule has 176 valence electrons. The third-order valence-electron chi connectivity index (χ3n) is 5.43. The van der Waals surface area contributed by atoms with Crippen LogP contribution in [-0.4, -0.2) is 118 Å². The molecule has 0 radical (unpaired) electrons. The number of epoxide rings is 4. The molecule has 6 aliphatic rings. The molecule has 13 heteroatoms. The largest absolute Gasteiger partial charge is 0.759 e. The highest BCUT2D eigenvalue weighted by Gasteiger charge is 2.36. The van der Waals surface area contributed by atoms with E-state index < -0.39 is 10.4 Å². The van der Waals surface area contributed by atoms with Crippen LogP contribution in [0.25, 0.3) is 0 Å². The number of nitrogens with one attached hydrogen (secondary N) is 2. The summed E-state index contributed by atoms with van der Waals surface area (Å²) in [6.07, 6.45) is 10.8. The first-order valence-electron chi connectivity index (χ1n) is 10.5. The van der Waals surface area contributed by atoms with Gasteiger partial charge in [-0.15, -0.1) is 0 Å². The number of rotatable bonds is 8. The lowest BCUT2D eigenvalue weighted by Crippen LogP contribution is -3.16. The van der Waals surface area contributed by atoms with Crippen LogP contribution in [0.1, 0.15) is 0 Å². The SMILES string of the molecule is C1=CN(CC2CO2)[NH+](CC2CO2)C1.C1=CN(CC2CO2)[NH+](CC2CO2)C1.O=S(=O)([O-])[O-]. The van der Waals surface area contributed by atoms with Crippen molar-refractivity contribution in [2.45, 2.75) is 24.4 Å². The van der Waals surface area contributed by atoms with Gasteiger partial charge in [-0.2, -0.15) is 0 Å². The molecule has 6 rings (SSSR count). The van der Waals surface area contributed by atoms with Gasteiger partial charge >= 0.3 is 0 Å². The van der Waals surface area contributed by atoms with Crippen LogP contribution in [0.3, 0.4) is 0 Å². The van der Waals surface area contributed by atoms with E-state index in [1.54, 1.807) is 0 Å². The van der Waals surface area contributed by atoms with Crippen LogP contribution in [0.4, 0.5) is 0 Å². The summed E-state index contributed by atoms with van der Waals surface area (Å²) >= 11 is 0. The molecule has 0 aromatic carbocycles. The summed E-state index contributed by atoms with van der Waals surface area (Å²) in [5.41, 5.74) is 0. The van der Waals surface area contributed by atoms with E-state index in [0.717, 1.165) is 65.7 Å². The van der Waals surface area contributed by atoms with Crippen LogP contribution in [-0.2, 0) is 29.3 Å². The minimum atomic E-state index is -5.17. The third-order valence-corrected chi connectivity index (χ3v) is 5.43.